The van der Waals surface area contributed by atoms with Gasteiger partial charge < -0.3 is 9.84 Å². The monoisotopic (exact) mass is 258 g/mol. The van der Waals surface area contributed by atoms with Crippen molar-refractivity contribution in [3.8, 4) is 11.6 Å². The molecule has 1 N–H and O–H groups in total. The molecule has 1 aromatic heterocycles. The number of aromatic nitrogens is 2. The Morgan fingerprint density at radius 1 is 1.21 bits per heavy atom. The van der Waals surface area contributed by atoms with Gasteiger partial charge in [-0.05, 0) is 38.0 Å². The molecule has 0 atom stereocenters. The zero-order chi connectivity index (χ0) is 14.0. The molecule has 5 heteroatoms. The van der Waals surface area contributed by atoms with Crippen molar-refractivity contribution in [2.45, 2.75) is 20.8 Å². The Labute approximate surface area is 110 Å². The van der Waals surface area contributed by atoms with Crippen LogP contribution >= 0.6 is 0 Å². The normalized spacial score (nSPS) is 10.3. The van der Waals surface area contributed by atoms with Crippen LogP contribution in [0.15, 0.2) is 24.3 Å². The molecule has 1 heterocycles. The molecule has 1 aromatic carbocycles. The van der Waals surface area contributed by atoms with Crippen molar-refractivity contribution in [3.05, 3.63) is 46.9 Å². The fourth-order valence-corrected chi connectivity index (χ4v) is 1.65. The van der Waals surface area contributed by atoms with E-state index in [1.165, 1.54) is 6.07 Å². The van der Waals surface area contributed by atoms with Gasteiger partial charge in [-0.3, -0.25) is 0 Å². The molecule has 0 spiro atoms. The van der Waals surface area contributed by atoms with Crippen LogP contribution in [0.4, 0.5) is 0 Å². The molecule has 98 valence electrons. The number of aryl methyl sites for hydroxylation is 2. The first-order valence-electron chi connectivity index (χ1n) is 5.80. The topological polar surface area (TPSA) is 72.3 Å². The van der Waals surface area contributed by atoms with Gasteiger partial charge in [0.15, 0.2) is 5.69 Å². The predicted octanol–water partition coefficient (Wildman–Crippen LogP) is 2.89. The quantitative estimate of drug-likeness (QED) is 0.916. The molecule has 0 fully saturated rings. The fourth-order valence-electron chi connectivity index (χ4n) is 1.65. The van der Waals surface area contributed by atoms with E-state index >= 15 is 0 Å². The minimum Gasteiger partial charge on any atom is -0.477 e. The average molecular weight is 258 g/mol. The van der Waals surface area contributed by atoms with Gasteiger partial charge in [0.25, 0.3) is 0 Å². The molecular weight excluding hydrogens is 244 g/mol. The molecule has 0 aliphatic heterocycles. The van der Waals surface area contributed by atoms with Crippen LogP contribution < -0.4 is 4.74 Å². The van der Waals surface area contributed by atoms with E-state index in [9.17, 15) is 4.79 Å². The van der Waals surface area contributed by atoms with E-state index < -0.39 is 5.97 Å². The number of nitrogens with zero attached hydrogens (tertiary/aromatic N) is 2. The summed E-state index contributed by atoms with van der Waals surface area (Å²) < 4.78 is 5.65. The highest BCUT2D eigenvalue weighted by atomic mass is 16.5. The van der Waals surface area contributed by atoms with Crippen LogP contribution in [0.5, 0.6) is 11.6 Å². The molecule has 0 aliphatic carbocycles. The Morgan fingerprint density at radius 3 is 2.63 bits per heavy atom. The second-order valence-electron chi connectivity index (χ2n) is 4.24. The van der Waals surface area contributed by atoms with Crippen LogP contribution in [0, 0.1) is 20.8 Å². The van der Waals surface area contributed by atoms with E-state index in [4.69, 9.17) is 9.84 Å². The first kappa shape index (κ1) is 13.0. The van der Waals surface area contributed by atoms with Crippen LogP contribution in [0.1, 0.15) is 27.4 Å². The molecule has 0 radical (unpaired) electrons. The number of ether oxygens (including phenoxy) is 1. The van der Waals surface area contributed by atoms with Crippen molar-refractivity contribution >= 4 is 5.97 Å². The van der Waals surface area contributed by atoms with Gasteiger partial charge >= 0.3 is 5.97 Å². The van der Waals surface area contributed by atoms with Crippen LogP contribution in [0.3, 0.4) is 0 Å². The minimum absolute atomic E-state index is 0.0761. The largest absolute Gasteiger partial charge is 0.477 e. The molecule has 0 unspecified atom stereocenters. The molecule has 0 aliphatic rings. The molecular formula is C14H14N2O3. The highest BCUT2D eigenvalue weighted by Gasteiger charge is 2.11. The number of hydrogen-bond acceptors (Lipinski definition) is 4. The Bertz CT molecular complexity index is 639. The third-order valence-electron chi connectivity index (χ3n) is 2.80. The van der Waals surface area contributed by atoms with E-state index in [1.807, 2.05) is 32.0 Å². The van der Waals surface area contributed by atoms with Crippen LogP contribution in [0.25, 0.3) is 0 Å². The molecule has 0 amide bonds. The van der Waals surface area contributed by atoms with E-state index in [0.29, 0.717) is 11.6 Å². The van der Waals surface area contributed by atoms with Gasteiger partial charge in [-0.2, -0.15) is 4.98 Å². The third kappa shape index (κ3) is 2.88. The zero-order valence-electron chi connectivity index (χ0n) is 11.0. The van der Waals surface area contributed by atoms with Gasteiger partial charge in [0.1, 0.15) is 11.6 Å². The predicted molar refractivity (Wildman–Crippen MR) is 69.7 cm³/mol. The van der Waals surface area contributed by atoms with Crippen molar-refractivity contribution in [2.24, 2.45) is 0 Å². The van der Waals surface area contributed by atoms with Crippen molar-refractivity contribution in [1.29, 1.82) is 0 Å². The summed E-state index contributed by atoms with van der Waals surface area (Å²) in [5, 5.41) is 8.95. The first-order valence-corrected chi connectivity index (χ1v) is 5.80. The van der Waals surface area contributed by atoms with E-state index in [2.05, 4.69) is 9.97 Å². The maximum Gasteiger partial charge on any atom is 0.354 e. The van der Waals surface area contributed by atoms with E-state index in [-0.39, 0.29) is 11.6 Å². The van der Waals surface area contributed by atoms with Gasteiger partial charge in [0, 0.05) is 6.07 Å². The van der Waals surface area contributed by atoms with Gasteiger partial charge in [-0.15, -0.1) is 0 Å². The number of rotatable bonds is 3. The highest BCUT2D eigenvalue weighted by molar-refractivity contribution is 5.85. The molecule has 0 bridgehead atoms. The van der Waals surface area contributed by atoms with E-state index in [1.54, 1.807) is 6.92 Å². The van der Waals surface area contributed by atoms with Crippen molar-refractivity contribution in [1.82, 2.24) is 9.97 Å². The summed E-state index contributed by atoms with van der Waals surface area (Å²) in [7, 11) is 0. The number of carbonyl (C=O) groups is 1. The molecule has 2 aromatic rings. The van der Waals surface area contributed by atoms with Crippen LogP contribution in [-0.4, -0.2) is 21.0 Å². The third-order valence-corrected chi connectivity index (χ3v) is 2.80. The minimum atomic E-state index is -1.10. The Kier molecular flexibility index (Phi) is 3.46. The van der Waals surface area contributed by atoms with Gasteiger partial charge in [0.2, 0.25) is 5.88 Å². The van der Waals surface area contributed by atoms with Crippen molar-refractivity contribution < 1.29 is 14.6 Å². The lowest BCUT2D eigenvalue weighted by Gasteiger charge is -2.10. The molecule has 5 nitrogen and oxygen atoms in total. The second kappa shape index (κ2) is 5.06. The van der Waals surface area contributed by atoms with Gasteiger partial charge in [-0.25, -0.2) is 9.78 Å². The number of carboxylic acids is 1. The van der Waals surface area contributed by atoms with Crippen molar-refractivity contribution in [3.63, 3.8) is 0 Å². The standard InChI is InChI=1S/C14H14N2O3/c1-8-5-4-6-12(9(8)2)19-13-7-11(14(17)18)15-10(3)16-13/h4-7H,1-3H3,(H,17,18). The summed E-state index contributed by atoms with van der Waals surface area (Å²) in [4.78, 5) is 18.8. The SMILES string of the molecule is Cc1nc(Oc2cccc(C)c2C)cc(C(=O)O)n1. The first-order chi connectivity index (χ1) is 8.97. The lowest BCUT2D eigenvalue weighted by Crippen LogP contribution is -2.04. The summed E-state index contributed by atoms with van der Waals surface area (Å²) in [6.07, 6.45) is 0. The maximum absolute atomic E-state index is 10.9. The summed E-state index contributed by atoms with van der Waals surface area (Å²) in [5.74, 6) is 0.157. The Balaban J connectivity index is 2.38. The lowest BCUT2D eigenvalue weighted by atomic mass is 10.1. The fraction of sp³-hybridized carbons (Fsp3) is 0.214. The van der Waals surface area contributed by atoms with Gasteiger partial charge in [-0.1, -0.05) is 12.1 Å². The Morgan fingerprint density at radius 2 is 1.95 bits per heavy atom. The smallest absolute Gasteiger partial charge is 0.354 e. The molecule has 0 saturated heterocycles. The summed E-state index contributed by atoms with van der Waals surface area (Å²) in [6, 6.07) is 7.00. The van der Waals surface area contributed by atoms with Crippen molar-refractivity contribution in [2.75, 3.05) is 0 Å². The molecule has 2 rings (SSSR count). The number of aromatic carboxylic acids is 1. The highest BCUT2D eigenvalue weighted by Crippen LogP contribution is 2.25. The van der Waals surface area contributed by atoms with E-state index in [0.717, 1.165) is 11.1 Å². The van der Waals surface area contributed by atoms with Crippen LogP contribution in [0.2, 0.25) is 0 Å². The molecule has 0 saturated carbocycles. The number of benzene rings is 1. The summed E-state index contributed by atoms with van der Waals surface area (Å²) in [6.45, 7) is 5.55. The second-order valence-corrected chi connectivity index (χ2v) is 4.24. The Hall–Kier alpha value is -2.43. The summed E-state index contributed by atoms with van der Waals surface area (Å²) >= 11 is 0. The van der Waals surface area contributed by atoms with Gasteiger partial charge in [0.05, 0.1) is 0 Å². The number of hydrogen-bond donors (Lipinski definition) is 1. The number of carboxylic acid groups (broad SMARTS) is 1. The maximum atomic E-state index is 10.9. The zero-order valence-corrected chi connectivity index (χ0v) is 11.0. The summed E-state index contributed by atoms with van der Waals surface area (Å²) in [5.41, 5.74) is 2.02. The molecule has 19 heavy (non-hydrogen) atoms. The lowest BCUT2D eigenvalue weighted by molar-refractivity contribution is 0.0689. The average Bonchev–Trinajstić information content (AvgIpc) is 2.34. The van der Waals surface area contributed by atoms with Crippen LogP contribution in [-0.2, 0) is 0 Å².